The van der Waals surface area contributed by atoms with E-state index < -0.39 is 0 Å². The lowest BCUT2D eigenvalue weighted by Gasteiger charge is -2.40. The van der Waals surface area contributed by atoms with Gasteiger partial charge in [-0.1, -0.05) is 42.1 Å². The number of nitrogens with zero attached hydrogens (tertiary/aromatic N) is 2. The largest absolute Gasteiger partial charge is 0.336 e. The van der Waals surface area contributed by atoms with Crippen molar-refractivity contribution in [2.75, 3.05) is 31.5 Å². The van der Waals surface area contributed by atoms with E-state index in [9.17, 15) is 14.0 Å². The highest BCUT2D eigenvalue weighted by Crippen LogP contribution is 2.32. The van der Waals surface area contributed by atoms with Crippen LogP contribution in [-0.4, -0.2) is 53.8 Å². The minimum atomic E-state index is -0.335. The molecule has 2 aliphatic rings. The lowest BCUT2D eigenvalue weighted by atomic mass is 9.94. The number of halogens is 3. The summed E-state index contributed by atoms with van der Waals surface area (Å²) in [6.07, 6.45) is 4.22. The highest BCUT2D eigenvalue weighted by Gasteiger charge is 2.37. The number of benzene rings is 2. The number of nitrogens with one attached hydrogen (secondary N) is 1. The van der Waals surface area contributed by atoms with E-state index in [2.05, 4.69) is 10.2 Å². The molecule has 1 atom stereocenters. The van der Waals surface area contributed by atoms with Crippen molar-refractivity contribution in [3.63, 3.8) is 0 Å². The maximum absolute atomic E-state index is 14.0. The number of carbonyl (C=O) groups excluding carboxylic acids is 2. The molecule has 176 valence electrons. The minimum Gasteiger partial charge on any atom is -0.336 e. The first-order chi connectivity index (χ1) is 15.8. The Labute approximate surface area is 203 Å². The summed E-state index contributed by atoms with van der Waals surface area (Å²) in [5.41, 5.74) is 1.44. The Kier molecular flexibility index (Phi) is 7.57. The maximum Gasteiger partial charge on any atom is 0.255 e. The molecule has 0 spiro atoms. The Morgan fingerprint density at radius 1 is 1.03 bits per heavy atom. The second kappa shape index (κ2) is 10.4. The number of carbonyl (C=O) groups is 2. The Bertz CT molecular complexity index is 1030. The molecule has 33 heavy (non-hydrogen) atoms. The van der Waals surface area contributed by atoms with Gasteiger partial charge in [0.2, 0.25) is 5.91 Å². The van der Waals surface area contributed by atoms with Gasteiger partial charge in [0.25, 0.3) is 5.91 Å². The molecule has 8 heteroatoms. The third kappa shape index (κ3) is 5.51. The molecular weight excluding hydrogens is 464 g/mol. The maximum atomic E-state index is 14.0. The van der Waals surface area contributed by atoms with Gasteiger partial charge < -0.3 is 10.2 Å². The molecule has 1 saturated carbocycles. The van der Waals surface area contributed by atoms with Gasteiger partial charge in [-0.15, -0.1) is 0 Å². The molecule has 0 aromatic heterocycles. The predicted octanol–water partition coefficient (Wildman–Crippen LogP) is 5.40. The zero-order valence-corrected chi connectivity index (χ0v) is 20.1. The molecule has 1 saturated heterocycles. The molecule has 2 aromatic rings. The Morgan fingerprint density at radius 3 is 2.36 bits per heavy atom. The molecule has 1 N–H and O–H groups in total. The van der Waals surface area contributed by atoms with Crippen LogP contribution in [0.3, 0.4) is 0 Å². The Balaban J connectivity index is 1.44. The lowest BCUT2D eigenvalue weighted by molar-refractivity contribution is -0.123. The standard InChI is InChI=1S/C25H28Cl2FN3O2/c1-16-6-8-19(15-22(16)28)29-24(32)23(17-4-2-3-5-17)30-10-12-31(13-11-30)25(33)20-9-7-18(26)14-21(20)27/h6-9,14-15,17,23H,2-5,10-13H2,1H3,(H,29,32)/t23-/m0/s1. The van der Waals surface area contributed by atoms with Crippen LogP contribution in [0, 0.1) is 18.7 Å². The van der Waals surface area contributed by atoms with Gasteiger partial charge in [-0.3, -0.25) is 14.5 Å². The molecule has 0 bridgehead atoms. The number of hydrogen-bond acceptors (Lipinski definition) is 3. The monoisotopic (exact) mass is 491 g/mol. The van der Waals surface area contributed by atoms with Gasteiger partial charge >= 0.3 is 0 Å². The van der Waals surface area contributed by atoms with Crippen LogP contribution in [0.1, 0.15) is 41.6 Å². The fourth-order valence-corrected chi connectivity index (χ4v) is 5.36. The van der Waals surface area contributed by atoms with Crippen molar-refractivity contribution in [3.05, 3.63) is 63.4 Å². The summed E-state index contributed by atoms with van der Waals surface area (Å²) >= 11 is 12.2. The Morgan fingerprint density at radius 2 is 1.73 bits per heavy atom. The van der Waals surface area contributed by atoms with Crippen molar-refractivity contribution >= 4 is 40.7 Å². The average Bonchev–Trinajstić information content (AvgIpc) is 3.31. The molecule has 2 fully saturated rings. The van der Waals surface area contributed by atoms with E-state index in [0.29, 0.717) is 53.0 Å². The summed E-state index contributed by atoms with van der Waals surface area (Å²) in [5.74, 6) is -0.314. The van der Waals surface area contributed by atoms with Crippen molar-refractivity contribution < 1.29 is 14.0 Å². The van der Waals surface area contributed by atoms with Gasteiger partial charge in [-0.25, -0.2) is 4.39 Å². The third-order valence-corrected chi connectivity index (χ3v) is 7.26. The quantitative estimate of drug-likeness (QED) is 0.609. The smallest absolute Gasteiger partial charge is 0.255 e. The van der Waals surface area contributed by atoms with E-state index in [0.717, 1.165) is 25.7 Å². The molecule has 0 unspecified atom stereocenters. The van der Waals surface area contributed by atoms with Gasteiger partial charge in [0.1, 0.15) is 5.82 Å². The number of rotatable bonds is 5. The number of anilines is 1. The van der Waals surface area contributed by atoms with E-state index in [1.54, 1.807) is 42.2 Å². The summed E-state index contributed by atoms with van der Waals surface area (Å²) in [7, 11) is 0. The van der Waals surface area contributed by atoms with Crippen molar-refractivity contribution in [1.82, 2.24) is 9.80 Å². The zero-order valence-electron chi connectivity index (χ0n) is 18.6. The normalized spacial score (nSPS) is 18.4. The molecule has 5 nitrogen and oxygen atoms in total. The molecule has 1 aliphatic carbocycles. The first-order valence-corrected chi connectivity index (χ1v) is 12.1. The van der Waals surface area contributed by atoms with Crippen LogP contribution in [0.5, 0.6) is 0 Å². The van der Waals surface area contributed by atoms with Gasteiger partial charge in [-0.05, 0) is 61.6 Å². The summed E-state index contributed by atoms with van der Waals surface area (Å²) in [5, 5.41) is 3.75. The van der Waals surface area contributed by atoms with Crippen LogP contribution >= 0.6 is 23.2 Å². The number of hydrogen-bond donors (Lipinski definition) is 1. The molecule has 1 aliphatic heterocycles. The van der Waals surface area contributed by atoms with Crippen molar-refractivity contribution in [1.29, 1.82) is 0 Å². The van der Waals surface area contributed by atoms with E-state index in [-0.39, 0.29) is 29.6 Å². The molecular formula is C25H28Cl2FN3O2. The number of aryl methyl sites for hydroxylation is 1. The van der Waals surface area contributed by atoms with Crippen molar-refractivity contribution in [2.24, 2.45) is 5.92 Å². The minimum absolute atomic E-state index is 0.106. The van der Waals surface area contributed by atoms with Gasteiger partial charge in [0, 0.05) is 36.9 Å². The van der Waals surface area contributed by atoms with E-state index in [1.165, 1.54) is 6.07 Å². The molecule has 4 rings (SSSR count). The summed E-state index contributed by atoms with van der Waals surface area (Å²) in [4.78, 5) is 30.2. The van der Waals surface area contributed by atoms with Crippen molar-refractivity contribution in [3.8, 4) is 0 Å². The van der Waals surface area contributed by atoms with Crippen molar-refractivity contribution in [2.45, 2.75) is 38.6 Å². The molecule has 2 amide bonds. The first kappa shape index (κ1) is 24.0. The second-order valence-corrected chi connectivity index (χ2v) is 9.74. The summed E-state index contributed by atoms with van der Waals surface area (Å²) < 4.78 is 14.0. The van der Waals surface area contributed by atoms with Crippen LogP contribution in [0.2, 0.25) is 10.0 Å². The van der Waals surface area contributed by atoms with E-state index >= 15 is 0 Å². The van der Waals surface area contributed by atoms with Crippen LogP contribution in [0.25, 0.3) is 0 Å². The molecule has 1 heterocycles. The van der Waals surface area contributed by atoms with Crippen LogP contribution in [0.15, 0.2) is 36.4 Å². The summed E-state index contributed by atoms with van der Waals surface area (Å²) in [6, 6.07) is 9.34. The predicted molar refractivity (Wildman–Crippen MR) is 129 cm³/mol. The highest BCUT2D eigenvalue weighted by atomic mass is 35.5. The molecule has 2 aromatic carbocycles. The van der Waals surface area contributed by atoms with Crippen LogP contribution in [-0.2, 0) is 4.79 Å². The third-order valence-electron chi connectivity index (χ3n) is 6.71. The summed E-state index contributed by atoms with van der Waals surface area (Å²) in [6.45, 7) is 3.89. The van der Waals surface area contributed by atoms with Crippen LogP contribution in [0.4, 0.5) is 10.1 Å². The van der Waals surface area contributed by atoms with Gasteiger partial charge in [0.15, 0.2) is 0 Å². The fourth-order valence-electron chi connectivity index (χ4n) is 4.87. The second-order valence-electron chi connectivity index (χ2n) is 8.89. The first-order valence-electron chi connectivity index (χ1n) is 11.4. The van der Waals surface area contributed by atoms with Gasteiger partial charge in [0.05, 0.1) is 16.6 Å². The highest BCUT2D eigenvalue weighted by molar-refractivity contribution is 6.36. The van der Waals surface area contributed by atoms with E-state index in [1.807, 2.05) is 0 Å². The lowest BCUT2D eigenvalue weighted by Crippen LogP contribution is -2.57. The van der Waals surface area contributed by atoms with Gasteiger partial charge in [-0.2, -0.15) is 0 Å². The zero-order chi connectivity index (χ0) is 23.5. The number of piperazine rings is 1. The van der Waals surface area contributed by atoms with Crippen LogP contribution < -0.4 is 5.32 Å². The number of amides is 2. The average molecular weight is 492 g/mol. The Hall–Kier alpha value is -2.15. The van der Waals surface area contributed by atoms with E-state index in [4.69, 9.17) is 23.2 Å². The SMILES string of the molecule is Cc1ccc(NC(=O)[C@H](C2CCCC2)N2CCN(C(=O)c3ccc(Cl)cc3Cl)CC2)cc1F. The fraction of sp³-hybridized carbons (Fsp3) is 0.440. The topological polar surface area (TPSA) is 52.7 Å². The molecule has 0 radical (unpaired) electrons.